The molecule has 31 heavy (non-hydrogen) atoms. The molecule has 4 aromatic rings. The predicted octanol–water partition coefficient (Wildman–Crippen LogP) is 5.40. The molecule has 2 aromatic heterocycles. The number of carbonyl (C=O) groups is 2. The largest absolute Gasteiger partial charge is 0.452 e. The molecular weight excluding hydrogens is 437 g/mol. The molecular formula is C23H15Cl2N3O3. The van der Waals surface area contributed by atoms with Crippen LogP contribution in [0, 0.1) is 0 Å². The highest BCUT2D eigenvalue weighted by molar-refractivity contribution is 6.35. The molecule has 0 aliphatic carbocycles. The van der Waals surface area contributed by atoms with Crippen LogP contribution in [0.1, 0.15) is 10.4 Å². The van der Waals surface area contributed by atoms with Crippen LogP contribution in [0.4, 0.5) is 5.69 Å². The van der Waals surface area contributed by atoms with Crippen molar-refractivity contribution in [1.82, 2.24) is 9.97 Å². The monoisotopic (exact) mass is 451 g/mol. The molecule has 0 unspecified atom stereocenters. The number of hydrogen-bond donors (Lipinski definition) is 1. The van der Waals surface area contributed by atoms with Gasteiger partial charge in [0.25, 0.3) is 5.91 Å². The van der Waals surface area contributed by atoms with E-state index in [0.29, 0.717) is 43.6 Å². The molecule has 2 aromatic carbocycles. The molecule has 0 saturated carbocycles. The number of carbonyl (C=O) groups excluding carboxylic acids is 2. The van der Waals surface area contributed by atoms with Crippen molar-refractivity contribution in [2.45, 2.75) is 0 Å². The van der Waals surface area contributed by atoms with Crippen LogP contribution in [0.2, 0.25) is 10.0 Å². The van der Waals surface area contributed by atoms with Gasteiger partial charge in [0.2, 0.25) is 0 Å². The second-order valence-corrected chi connectivity index (χ2v) is 7.38. The zero-order valence-electron chi connectivity index (χ0n) is 16.0. The second-order valence-electron chi connectivity index (χ2n) is 6.54. The van der Waals surface area contributed by atoms with Crippen molar-refractivity contribution < 1.29 is 14.3 Å². The summed E-state index contributed by atoms with van der Waals surface area (Å²) in [6.45, 7) is -0.489. The topological polar surface area (TPSA) is 81.2 Å². The number of ether oxygens (including phenoxy) is 1. The molecule has 6 nitrogen and oxygen atoms in total. The molecule has 2 heterocycles. The van der Waals surface area contributed by atoms with E-state index in [2.05, 4.69) is 15.3 Å². The number of nitrogens with zero attached hydrogens (tertiary/aromatic N) is 2. The summed E-state index contributed by atoms with van der Waals surface area (Å²) in [7, 11) is 0. The lowest BCUT2D eigenvalue weighted by Crippen LogP contribution is -2.21. The summed E-state index contributed by atoms with van der Waals surface area (Å²) in [4.78, 5) is 33.9. The van der Waals surface area contributed by atoms with E-state index in [-0.39, 0.29) is 0 Å². The van der Waals surface area contributed by atoms with E-state index >= 15 is 0 Å². The normalized spacial score (nSPS) is 10.6. The summed E-state index contributed by atoms with van der Waals surface area (Å²) >= 11 is 12.0. The number of rotatable bonds is 5. The first kappa shape index (κ1) is 20.8. The first-order chi connectivity index (χ1) is 15.0. The van der Waals surface area contributed by atoms with E-state index in [1.165, 1.54) is 6.07 Å². The fourth-order valence-electron chi connectivity index (χ4n) is 2.98. The zero-order chi connectivity index (χ0) is 21.8. The highest BCUT2D eigenvalue weighted by Gasteiger charge is 2.17. The van der Waals surface area contributed by atoms with Gasteiger partial charge >= 0.3 is 5.97 Å². The molecule has 4 rings (SSSR count). The van der Waals surface area contributed by atoms with E-state index < -0.39 is 18.5 Å². The molecule has 154 valence electrons. The molecule has 1 N–H and O–H groups in total. The number of aromatic nitrogens is 2. The molecule has 8 heteroatoms. The van der Waals surface area contributed by atoms with Crippen molar-refractivity contribution in [2.75, 3.05) is 11.9 Å². The van der Waals surface area contributed by atoms with Gasteiger partial charge in [0.05, 0.1) is 33.2 Å². The van der Waals surface area contributed by atoms with Crippen LogP contribution in [-0.4, -0.2) is 28.5 Å². The van der Waals surface area contributed by atoms with E-state index in [0.717, 1.165) is 0 Å². The van der Waals surface area contributed by atoms with Crippen molar-refractivity contribution in [1.29, 1.82) is 0 Å². The number of pyridine rings is 2. The van der Waals surface area contributed by atoms with Crippen LogP contribution >= 0.6 is 23.2 Å². The van der Waals surface area contributed by atoms with Crippen molar-refractivity contribution in [3.8, 4) is 11.4 Å². The van der Waals surface area contributed by atoms with Crippen LogP contribution in [0.5, 0.6) is 0 Å². The average molecular weight is 452 g/mol. The van der Waals surface area contributed by atoms with Gasteiger partial charge in [0, 0.05) is 16.6 Å². The first-order valence-electron chi connectivity index (χ1n) is 9.24. The Balaban J connectivity index is 1.56. The van der Waals surface area contributed by atoms with Crippen molar-refractivity contribution >= 4 is 51.7 Å². The molecule has 0 atom stereocenters. The highest BCUT2D eigenvalue weighted by atomic mass is 35.5. The van der Waals surface area contributed by atoms with Gasteiger partial charge in [-0.25, -0.2) is 9.78 Å². The van der Waals surface area contributed by atoms with E-state index in [9.17, 15) is 9.59 Å². The van der Waals surface area contributed by atoms with Crippen LogP contribution in [0.15, 0.2) is 72.9 Å². The van der Waals surface area contributed by atoms with Crippen LogP contribution in [0.3, 0.4) is 0 Å². The van der Waals surface area contributed by atoms with Crippen LogP contribution in [-0.2, 0) is 9.53 Å². The molecule has 1 amide bonds. The third kappa shape index (κ3) is 4.82. The summed E-state index contributed by atoms with van der Waals surface area (Å²) in [6, 6.07) is 18.9. The number of para-hydroxylation sites is 1. The smallest absolute Gasteiger partial charge is 0.339 e. The maximum absolute atomic E-state index is 12.8. The minimum atomic E-state index is -0.650. The summed E-state index contributed by atoms with van der Waals surface area (Å²) in [5.74, 6) is -1.19. The summed E-state index contributed by atoms with van der Waals surface area (Å²) in [5.41, 5.74) is 2.40. The fourth-order valence-corrected chi connectivity index (χ4v) is 3.32. The minimum absolute atomic E-state index is 0.292. The summed E-state index contributed by atoms with van der Waals surface area (Å²) in [6.07, 6.45) is 1.65. The van der Waals surface area contributed by atoms with Gasteiger partial charge < -0.3 is 10.1 Å². The molecule has 0 bridgehead atoms. The van der Waals surface area contributed by atoms with Gasteiger partial charge in [-0.1, -0.05) is 47.5 Å². The first-order valence-corrected chi connectivity index (χ1v) is 10.00. The lowest BCUT2D eigenvalue weighted by atomic mass is 10.1. The molecule has 0 aliphatic heterocycles. The number of amides is 1. The summed E-state index contributed by atoms with van der Waals surface area (Å²) < 4.78 is 5.26. The third-order valence-electron chi connectivity index (χ3n) is 4.40. The number of esters is 1. The van der Waals surface area contributed by atoms with Crippen molar-refractivity contribution in [3.63, 3.8) is 0 Å². The van der Waals surface area contributed by atoms with Crippen LogP contribution in [0.25, 0.3) is 22.3 Å². The van der Waals surface area contributed by atoms with E-state index in [4.69, 9.17) is 27.9 Å². The zero-order valence-corrected chi connectivity index (χ0v) is 17.5. The Morgan fingerprint density at radius 1 is 0.935 bits per heavy atom. The van der Waals surface area contributed by atoms with Gasteiger partial charge in [-0.2, -0.15) is 0 Å². The van der Waals surface area contributed by atoms with Crippen LogP contribution < -0.4 is 5.32 Å². The van der Waals surface area contributed by atoms with Gasteiger partial charge in [-0.3, -0.25) is 9.78 Å². The minimum Gasteiger partial charge on any atom is -0.452 e. The number of hydrogen-bond acceptors (Lipinski definition) is 5. The molecule has 0 fully saturated rings. The molecule has 0 aliphatic rings. The number of nitrogens with one attached hydrogen (secondary N) is 1. The van der Waals surface area contributed by atoms with E-state index in [1.807, 2.05) is 12.1 Å². The third-order valence-corrected chi connectivity index (χ3v) is 4.96. The van der Waals surface area contributed by atoms with Crippen molar-refractivity contribution in [2.24, 2.45) is 0 Å². The second kappa shape index (κ2) is 9.12. The van der Waals surface area contributed by atoms with Crippen molar-refractivity contribution in [3.05, 3.63) is 88.5 Å². The number of halogens is 2. The van der Waals surface area contributed by atoms with E-state index in [1.54, 1.807) is 54.7 Å². The SMILES string of the molecule is O=C(COC(=O)c1cc(-c2ccccn2)nc2ccccc12)Nc1cc(Cl)ccc1Cl. The van der Waals surface area contributed by atoms with Gasteiger partial charge in [0.15, 0.2) is 6.61 Å². The highest BCUT2D eigenvalue weighted by Crippen LogP contribution is 2.26. The summed E-state index contributed by atoms with van der Waals surface area (Å²) in [5, 5.41) is 3.94. The Morgan fingerprint density at radius 2 is 1.74 bits per heavy atom. The van der Waals surface area contributed by atoms with Gasteiger partial charge in [-0.05, 0) is 42.5 Å². The number of benzene rings is 2. The molecule has 0 saturated heterocycles. The Hall–Kier alpha value is -3.48. The predicted molar refractivity (Wildman–Crippen MR) is 120 cm³/mol. The Bertz CT molecular complexity index is 1280. The Kier molecular flexibility index (Phi) is 6.11. The Labute approximate surface area is 187 Å². The quantitative estimate of drug-likeness (QED) is 0.410. The molecule has 0 spiro atoms. The lowest BCUT2D eigenvalue weighted by molar-refractivity contribution is -0.119. The fraction of sp³-hybridized carbons (Fsp3) is 0.0435. The number of fused-ring (bicyclic) bond motifs is 1. The average Bonchev–Trinajstić information content (AvgIpc) is 2.79. The standard InChI is InChI=1S/C23H15Cl2N3O3/c24-14-8-9-17(25)20(11-14)28-22(29)13-31-23(30)16-12-21(19-7-3-4-10-26-19)27-18-6-2-1-5-15(16)18/h1-12H,13H2,(H,28,29). The van der Waals surface area contributed by atoms with Gasteiger partial charge in [-0.15, -0.1) is 0 Å². The maximum atomic E-state index is 12.8. The van der Waals surface area contributed by atoms with Gasteiger partial charge in [0.1, 0.15) is 0 Å². The molecule has 0 radical (unpaired) electrons. The Morgan fingerprint density at radius 3 is 2.55 bits per heavy atom. The number of anilines is 1. The maximum Gasteiger partial charge on any atom is 0.339 e. The lowest BCUT2D eigenvalue weighted by Gasteiger charge is -2.11.